The Morgan fingerprint density at radius 2 is 1.68 bits per heavy atom. The van der Waals surface area contributed by atoms with Crippen molar-refractivity contribution < 1.29 is 17.9 Å². The van der Waals surface area contributed by atoms with Crippen molar-refractivity contribution in [2.75, 3.05) is 42.9 Å². The molecule has 0 unspecified atom stereocenters. The number of morpholine rings is 1. The molecule has 0 aromatic heterocycles. The average Bonchev–Trinajstić information content (AvgIpc) is 2.84. The summed E-state index contributed by atoms with van der Waals surface area (Å²) < 4.78 is 33.6. The van der Waals surface area contributed by atoms with E-state index in [-0.39, 0.29) is 16.4 Å². The Morgan fingerprint density at radius 1 is 0.941 bits per heavy atom. The molecule has 7 nitrogen and oxygen atoms in total. The molecule has 3 aromatic carbocycles. The first-order chi connectivity index (χ1) is 16.4. The Balaban J connectivity index is 1.38. The second-order valence-electron chi connectivity index (χ2n) is 8.36. The van der Waals surface area contributed by atoms with Crippen molar-refractivity contribution in [2.45, 2.75) is 18.2 Å². The maximum Gasteiger partial charge on any atom is 0.261 e. The maximum absolute atomic E-state index is 12.8. The molecule has 34 heavy (non-hydrogen) atoms. The molecule has 1 saturated heterocycles. The number of hydrogen-bond donors (Lipinski definition) is 2. The number of rotatable bonds is 8. The normalized spacial score (nSPS) is 14.5. The quantitative estimate of drug-likeness (QED) is 0.511. The van der Waals surface area contributed by atoms with Crippen LogP contribution in [0.4, 0.5) is 11.4 Å². The van der Waals surface area contributed by atoms with Gasteiger partial charge in [-0.25, -0.2) is 8.42 Å². The minimum atomic E-state index is -3.82. The van der Waals surface area contributed by atoms with Crippen LogP contribution in [0.2, 0.25) is 0 Å². The minimum absolute atomic E-state index is 0.0279. The van der Waals surface area contributed by atoms with Gasteiger partial charge in [-0.3, -0.25) is 14.4 Å². The van der Waals surface area contributed by atoms with Crippen molar-refractivity contribution in [3.63, 3.8) is 0 Å². The number of aryl methyl sites for hydroxylation is 1. The lowest BCUT2D eigenvalue weighted by Crippen LogP contribution is -2.37. The van der Waals surface area contributed by atoms with Crippen molar-refractivity contribution >= 4 is 27.3 Å². The van der Waals surface area contributed by atoms with E-state index in [0.29, 0.717) is 11.4 Å². The molecule has 2 N–H and O–H groups in total. The lowest BCUT2D eigenvalue weighted by molar-refractivity contribution is 0.0384. The zero-order valence-corrected chi connectivity index (χ0v) is 20.0. The molecule has 1 fully saturated rings. The van der Waals surface area contributed by atoms with Crippen molar-refractivity contribution in [2.24, 2.45) is 0 Å². The Bertz CT molecular complexity index is 1240. The molecular weight excluding hydrogens is 450 g/mol. The van der Waals surface area contributed by atoms with Crippen LogP contribution >= 0.6 is 0 Å². The van der Waals surface area contributed by atoms with E-state index in [0.717, 1.165) is 44.8 Å². The number of sulfonamides is 1. The van der Waals surface area contributed by atoms with Crippen LogP contribution in [0.3, 0.4) is 0 Å². The largest absolute Gasteiger partial charge is 0.379 e. The molecule has 1 heterocycles. The zero-order chi connectivity index (χ0) is 24.0. The van der Waals surface area contributed by atoms with E-state index in [1.165, 1.54) is 17.7 Å². The predicted octanol–water partition coefficient (Wildman–Crippen LogP) is 3.92. The summed E-state index contributed by atoms with van der Waals surface area (Å²) in [7, 11) is -3.82. The van der Waals surface area contributed by atoms with Gasteiger partial charge in [0.25, 0.3) is 15.9 Å². The maximum atomic E-state index is 12.8. The van der Waals surface area contributed by atoms with E-state index in [2.05, 4.69) is 14.9 Å². The molecule has 1 amide bonds. The standard InChI is InChI=1S/C26H29N3O4S/c1-20-4-2-6-24(18-20)28-34(31,32)25-7-3-5-22(19-25)26(30)27-23-10-8-21(9-11-23)12-13-29-14-16-33-17-15-29/h2-11,18-19,28H,12-17H2,1H3,(H,27,30). The van der Waals surface area contributed by atoms with Crippen molar-refractivity contribution in [3.05, 3.63) is 89.5 Å². The van der Waals surface area contributed by atoms with E-state index in [1.807, 2.05) is 37.3 Å². The Labute approximate surface area is 200 Å². The smallest absolute Gasteiger partial charge is 0.261 e. The number of ether oxygens (including phenoxy) is 1. The van der Waals surface area contributed by atoms with Gasteiger partial charge in [-0.1, -0.05) is 30.3 Å². The monoisotopic (exact) mass is 479 g/mol. The number of amides is 1. The third-order valence-electron chi connectivity index (χ3n) is 5.71. The molecule has 4 rings (SSSR count). The van der Waals surface area contributed by atoms with E-state index in [1.54, 1.807) is 30.3 Å². The number of anilines is 2. The lowest BCUT2D eigenvalue weighted by atomic mass is 10.1. The molecule has 0 radical (unpaired) electrons. The topological polar surface area (TPSA) is 87.7 Å². The summed E-state index contributed by atoms with van der Waals surface area (Å²) in [6.07, 6.45) is 0.933. The summed E-state index contributed by atoms with van der Waals surface area (Å²) >= 11 is 0. The predicted molar refractivity (Wildman–Crippen MR) is 134 cm³/mol. The first kappa shape index (κ1) is 23.9. The van der Waals surface area contributed by atoms with Gasteiger partial charge < -0.3 is 10.1 Å². The van der Waals surface area contributed by atoms with Crippen LogP contribution < -0.4 is 10.0 Å². The van der Waals surface area contributed by atoms with Crippen LogP contribution in [0.1, 0.15) is 21.5 Å². The van der Waals surface area contributed by atoms with E-state index in [4.69, 9.17) is 4.74 Å². The van der Waals surface area contributed by atoms with Gasteiger partial charge in [0.15, 0.2) is 0 Å². The van der Waals surface area contributed by atoms with Crippen molar-refractivity contribution in [3.8, 4) is 0 Å². The first-order valence-corrected chi connectivity index (χ1v) is 12.8. The average molecular weight is 480 g/mol. The third-order valence-corrected chi connectivity index (χ3v) is 7.09. The van der Waals surface area contributed by atoms with Crippen LogP contribution in [0.15, 0.2) is 77.7 Å². The van der Waals surface area contributed by atoms with E-state index >= 15 is 0 Å². The summed E-state index contributed by atoms with van der Waals surface area (Å²) in [5.74, 6) is -0.367. The van der Waals surface area contributed by atoms with Gasteiger partial charge in [-0.2, -0.15) is 0 Å². The second kappa shape index (κ2) is 10.8. The molecule has 8 heteroatoms. The zero-order valence-electron chi connectivity index (χ0n) is 19.2. The molecule has 3 aromatic rings. The van der Waals surface area contributed by atoms with Gasteiger partial charge in [-0.05, 0) is 66.9 Å². The molecule has 0 spiro atoms. The van der Waals surface area contributed by atoms with Gasteiger partial charge in [0.1, 0.15) is 0 Å². The molecule has 1 aliphatic heterocycles. The summed E-state index contributed by atoms with van der Waals surface area (Å²) in [5, 5.41) is 2.85. The van der Waals surface area contributed by atoms with E-state index in [9.17, 15) is 13.2 Å². The molecule has 1 aliphatic rings. The lowest BCUT2D eigenvalue weighted by Gasteiger charge is -2.26. The van der Waals surface area contributed by atoms with Crippen LogP contribution in [-0.4, -0.2) is 52.1 Å². The van der Waals surface area contributed by atoms with Gasteiger partial charge in [-0.15, -0.1) is 0 Å². The summed E-state index contributed by atoms with van der Waals surface area (Å²) in [6, 6.07) is 20.9. The summed E-state index contributed by atoms with van der Waals surface area (Å²) in [4.78, 5) is 15.2. The molecule has 178 valence electrons. The first-order valence-electron chi connectivity index (χ1n) is 11.3. The van der Waals surface area contributed by atoms with Crippen molar-refractivity contribution in [1.82, 2.24) is 4.90 Å². The third kappa shape index (κ3) is 6.44. The van der Waals surface area contributed by atoms with Crippen LogP contribution in [0.25, 0.3) is 0 Å². The summed E-state index contributed by atoms with van der Waals surface area (Å²) in [5.41, 5.74) is 3.54. The van der Waals surface area contributed by atoms with Gasteiger partial charge in [0.05, 0.1) is 18.1 Å². The van der Waals surface area contributed by atoms with Crippen LogP contribution in [0.5, 0.6) is 0 Å². The van der Waals surface area contributed by atoms with Crippen LogP contribution in [-0.2, 0) is 21.2 Å². The summed E-state index contributed by atoms with van der Waals surface area (Å²) in [6.45, 7) is 6.37. The highest BCUT2D eigenvalue weighted by atomic mass is 32.2. The highest BCUT2D eigenvalue weighted by molar-refractivity contribution is 7.92. The molecule has 0 aliphatic carbocycles. The fraction of sp³-hybridized carbons (Fsp3) is 0.269. The second-order valence-corrected chi connectivity index (χ2v) is 10.0. The van der Waals surface area contributed by atoms with Gasteiger partial charge >= 0.3 is 0 Å². The number of carbonyl (C=O) groups is 1. The van der Waals surface area contributed by atoms with Crippen LogP contribution in [0, 0.1) is 6.92 Å². The number of nitrogens with zero attached hydrogens (tertiary/aromatic N) is 1. The minimum Gasteiger partial charge on any atom is -0.379 e. The molecule has 0 saturated carbocycles. The SMILES string of the molecule is Cc1cccc(NS(=O)(=O)c2cccc(C(=O)Nc3ccc(CCN4CCOCC4)cc3)c2)c1. The fourth-order valence-electron chi connectivity index (χ4n) is 3.80. The molecule has 0 bridgehead atoms. The van der Waals surface area contributed by atoms with Crippen molar-refractivity contribution in [1.29, 1.82) is 0 Å². The Morgan fingerprint density at radius 3 is 2.41 bits per heavy atom. The number of hydrogen-bond acceptors (Lipinski definition) is 5. The highest BCUT2D eigenvalue weighted by Gasteiger charge is 2.17. The fourth-order valence-corrected chi connectivity index (χ4v) is 4.89. The Hall–Kier alpha value is -3.20. The highest BCUT2D eigenvalue weighted by Crippen LogP contribution is 2.19. The Kier molecular flexibility index (Phi) is 7.62. The molecular formula is C26H29N3O4S. The number of benzene rings is 3. The molecule has 0 atom stereocenters. The van der Waals surface area contributed by atoms with Gasteiger partial charge in [0, 0.05) is 36.6 Å². The van der Waals surface area contributed by atoms with E-state index < -0.39 is 10.0 Å². The number of nitrogens with one attached hydrogen (secondary N) is 2. The number of carbonyl (C=O) groups excluding carboxylic acids is 1. The van der Waals surface area contributed by atoms with Gasteiger partial charge in [0.2, 0.25) is 0 Å².